The fraction of sp³-hybridized carbons (Fsp3) is 0.273. The maximum Gasteiger partial charge on any atom is 0.134 e. The first-order valence-corrected chi connectivity index (χ1v) is 9.63. The van der Waals surface area contributed by atoms with Gasteiger partial charge in [-0.05, 0) is 54.8 Å². The van der Waals surface area contributed by atoms with Crippen LogP contribution in [0.1, 0.15) is 30.3 Å². The summed E-state index contributed by atoms with van der Waals surface area (Å²) >= 11 is 5.96. The molecule has 0 atom stereocenters. The molecule has 3 aromatic rings. The summed E-state index contributed by atoms with van der Waals surface area (Å²) < 4.78 is 0. The van der Waals surface area contributed by atoms with Gasteiger partial charge in [0.1, 0.15) is 11.6 Å². The minimum absolute atomic E-state index is 0.118. The second-order valence-electron chi connectivity index (χ2n) is 6.48. The van der Waals surface area contributed by atoms with E-state index >= 15 is 0 Å². The van der Waals surface area contributed by atoms with Gasteiger partial charge in [0.15, 0.2) is 0 Å². The fourth-order valence-corrected chi connectivity index (χ4v) is 3.15. The van der Waals surface area contributed by atoms with Crippen molar-refractivity contribution in [3.05, 3.63) is 76.7 Å². The van der Waals surface area contributed by atoms with Gasteiger partial charge in [-0.1, -0.05) is 42.8 Å². The molecule has 0 saturated heterocycles. The second-order valence-corrected chi connectivity index (χ2v) is 6.89. The lowest BCUT2D eigenvalue weighted by atomic mass is 10.1. The van der Waals surface area contributed by atoms with E-state index in [1.54, 1.807) is 6.07 Å². The van der Waals surface area contributed by atoms with Crippen molar-refractivity contribution in [1.29, 1.82) is 0 Å². The molecule has 0 amide bonds. The van der Waals surface area contributed by atoms with Crippen LogP contribution in [0.25, 0.3) is 11.3 Å². The second kappa shape index (κ2) is 9.49. The Bertz CT molecular complexity index is 898. The number of nitrogens with one attached hydrogen (secondary N) is 1. The van der Waals surface area contributed by atoms with Crippen LogP contribution in [0.2, 0.25) is 5.02 Å². The molecule has 1 heterocycles. The van der Waals surface area contributed by atoms with Gasteiger partial charge >= 0.3 is 0 Å². The van der Waals surface area contributed by atoms with Gasteiger partial charge in [-0.2, -0.15) is 0 Å². The van der Waals surface area contributed by atoms with Gasteiger partial charge < -0.3 is 10.4 Å². The van der Waals surface area contributed by atoms with Crippen LogP contribution >= 0.6 is 11.6 Å². The summed E-state index contributed by atoms with van der Waals surface area (Å²) in [6, 6.07) is 15.7. The monoisotopic (exact) mass is 381 g/mol. The molecular formula is C22H24ClN3O. The summed E-state index contributed by atoms with van der Waals surface area (Å²) in [5, 5.41) is 13.2. The van der Waals surface area contributed by atoms with Gasteiger partial charge in [-0.25, -0.2) is 9.97 Å². The van der Waals surface area contributed by atoms with Gasteiger partial charge in [0.2, 0.25) is 0 Å². The zero-order chi connectivity index (χ0) is 19.1. The number of aryl methyl sites for hydroxylation is 2. The van der Waals surface area contributed by atoms with Crippen molar-refractivity contribution in [3.63, 3.8) is 0 Å². The maximum atomic E-state index is 9.50. The Morgan fingerprint density at radius 1 is 1.04 bits per heavy atom. The van der Waals surface area contributed by atoms with Crippen LogP contribution in [0.3, 0.4) is 0 Å². The summed E-state index contributed by atoms with van der Waals surface area (Å²) in [4.78, 5) is 9.14. The molecule has 0 aliphatic carbocycles. The Balaban J connectivity index is 1.64. The van der Waals surface area contributed by atoms with E-state index < -0.39 is 0 Å². The molecule has 2 N–H and O–H groups in total. The zero-order valence-electron chi connectivity index (χ0n) is 15.5. The minimum Gasteiger partial charge on any atom is -0.506 e. The zero-order valence-corrected chi connectivity index (χ0v) is 16.2. The standard InChI is InChI=1S/C22H24ClN3O/c1-2-24-15-17-6-3-7-18(13-17)20-11-12-25-22(26-20)8-4-5-16-9-10-21(27)19(23)14-16/h3,6-7,9-14,24,27H,2,4-5,8,15H2,1H3. The van der Waals surface area contributed by atoms with E-state index in [9.17, 15) is 5.11 Å². The van der Waals surface area contributed by atoms with Gasteiger partial charge in [-0.15, -0.1) is 0 Å². The largest absolute Gasteiger partial charge is 0.506 e. The average molecular weight is 382 g/mol. The van der Waals surface area contributed by atoms with E-state index in [1.807, 2.05) is 24.4 Å². The lowest BCUT2D eigenvalue weighted by Gasteiger charge is -2.07. The fourth-order valence-electron chi connectivity index (χ4n) is 2.95. The Morgan fingerprint density at radius 3 is 2.74 bits per heavy atom. The number of phenols is 1. The highest BCUT2D eigenvalue weighted by Gasteiger charge is 2.05. The van der Waals surface area contributed by atoms with Crippen LogP contribution < -0.4 is 5.32 Å². The van der Waals surface area contributed by atoms with Crippen molar-refractivity contribution in [3.8, 4) is 17.0 Å². The van der Waals surface area contributed by atoms with Crippen molar-refractivity contribution in [2.24, 2.45) is 0 Å². The highest BCUT2D eigenvalue weighted by molar-refractivity contribution is 6.32. The molecule has 0 spiro atoms. The first kappa shape index (κ1) is 19.3. The number of hydrogen-bond acceptors (Lipinski definition) is 4. The lowest BCUT2D eigenvalue weighted by Crippen LogP contribution is -2.11. The van der Waals surface area contributed by atoms with E-state index in [0.717, 1.165) is 55.0 Å². The van der Waals surface area contributed by atoms with Crippen LogP contribution in [0.15, 0.2) is 54.7 Å². The summed E-state index contributed by atoms with van der Waals surface area (Å²) in [6.07, 6.45) is 4.41. The van der Waals surface area contributed by atoms with E-state index in [2.05, 4.69) is 41.5 Å². The molecule has 1 aromatic heterocycles. The van der Waals surface area contributed by atoms with Crippen molar-refractivity contribution in [1.82, 2.24) is 15.3 Å². The number of halogens is 1. The molecule has 4 nitrogen and oxygen atoms in total. The van der Waals surface area contributed by atoms with Crippen LogP contribution in [0.4, 0.5) is 0 Å². The lowest BCUT2D eigenvalue weighted by molar-refractivity contribution is 0.475. The Hall–Kier alpha value is -2.43. The Morgan fingerprint density at radius 2 is 1.93 bits per heavy atom. The average Bonchev–Trinajstić information content (AvgIpc) is 2.69. The smallest absolute Gasteiger partial charge is 0.134 e. The molecule has 3 rings (SSSR count). The van der Waals surface area contributed by atoms with Gasteiger partial charge in [0.05, 0.1) is 10.7 Å². The highest BCUT2D eigenvalue weighted by Crippen LogP contribution is 2.24. The molecule has 0 bridgehead atoms. The van der Waals surface area contributed by atoms with Gasteiger partial charge in [-0.3, -0.25) is 0 Å². The summed E-state index contributed by atoms with van der Waals surface area (Å²) in [5.41, 5.74) is 4.41. The number of aromatic hydroxyl groups is 1. The van der Waals surface area contributed by atoms with Crippen molar-refractivity contribution < 1.29 is 5.11 Å². The SMILES string of the molecule is CCNCc1cccc(-c2ccnc(CCCc3ccc(O)c(Cl)c3)n2)c1. The van der Waals surface area contributed by atoms with Crippen LogP contribution in [-0.2, 0) is 19.4 Å². The predicted molar refractivity (Wildman–Crippen MR) is 110 cm³/mol. The van der Waals surface area contributed by atoms with Crippen molar-refractivity contribution in [2.75, 3.05) is 6.54 Å². The maximum absolute atomic E-state index is 9.50. The number of rotatable bonds is 8. The van der Waals surface area contributed by atoms with E-state index in [1.165, 1.54) is 5.56 Å². The molecular weight excluding hydrogens is 358 g/mol. The first-order valence-electron chi connectivity index (χ1n) is 9.25. The first-order chi connectivity index (χ1) is 13.2. The topological polar surface area (TPSA) is 58.0 Å². The summed E-state index contributed by atoms with van der Waals surface area (Å²) in [7, 11) is 0. The molecule has 0 unspecified atom stereocenters. The molecule has 0 fully saturated rings. The third-order valence-electron chi connectivity index (χ3n) is 4.39. The van der Waals surface area contributed by atoms with Crippen LogP contribution in [-0.4, -0.2) is 21.6 Å². The predicted octanol–water partition coefficient (Wildman–Crippen LogP) is 4.79. The molecule has 0 saturated carbocycles. The third kappa shape index (κ3) is 5.52. The molecule has 27 heavy (non-hydrogen) atoms. The quantitative estimate of drug-likeness (QED) is 0.589. The van der Waals surface area contributed by atoms with E-state index in [4.69, 9.17) is 16.6 Å². The molecule has 0 aliphatic rings. The Kier molecular flexibility index (Phi) is 6.80. The number of nitrogens with zero attached hydrogens (tertiary/aromatic N) is 2. The van der Waals surface area contributed by atoms with Crippen molar-refractivity contribution >= 4 is 11.6 Å². The highest BCUT2D eigenvalue weighted by atomic mass is 35.5. The van der Waals surface area contributed by atoms with Crippen LogP contribution in [0, 0.1) is 0 Å². The van der Waals surface area contributed by atoms with Crippen LogP contribution in [0.5, 0.6) is 5.75 Å². The van der Waals surface area contributed by atoms with E-state index in [-0.39, 0.29) is 5.75 Å². The molecule has 0 aliphatic heterocycles. The number of phenolic OH excluding ortho intramolecular Hbond substituents is 1. The molecule has 2 aromatic carbocycles. The number of benzene rings is 2. The molecule has 5 heteroatoms. The Labute approximate surface area is 165 Å². The summed E-state index contributed by atoms with van der Waals surface area (Å²) in [6.45, 7) is 3.91. The molecule has 140 valence electrons. The normalized spacial score (nSPS) is 10.9. The van der Waals surface area contributed by atoms with Crippen molar-refractivity contribution in [2.45, 2.75) is 32.7 Å². The minimum atomic E-state index is 0.118. The van der Waals surface area contributed by atoms with Gasteiger partial charge in [0.25, 0.3) is 0 Å². The van der Waals surface area contributed by atoms with Gasteiger partial charge in [0, 0.05) is 24.7 Å². The third-order valence-corrected chi connectivity index (χ3v) is 4.69. The molecule has 0 radical (unpaired) electrons. The number of hydrogen-bond donors (Lipinski definition) is 2. The number of aromatic nitrogens is 2. The summed E-state index contributed by atoms with van der Waals surface area (Å²) in [5.74, 6) is 0.960. The van der Waals surface area contributed by atoms with E-state index in [0.29, 0.717) is 5.02 Å².